The number of aromatic nitrogens is 2. The van der Waals surface area contributed by atoms with Crippen LogP contribution in [0.5, 0.6) is 5.88 Å². The zero-order valence-electron chi connectivity index (χ0n) is 8.27. The molecule has 82 valence electrons. The Morgan fingerprint density at radius 1 is 1.67 bits per heavy atom. The Balaban J connectivity index is 2.75. The quantitative estimate of drug-likeness (QED) is 0.364. The second-order valence-corrected chi connectivity index (χ2v) is 2.75. The first-order valence-electron chi connectivity index (χ1n) is 4.29. The molecule has 0 fully saturated rings. The Labute approximate surface area is 85.8 Å². The number of ether oxygens (including phenoxy) is 1. The van der Waals surface area contributed by atoms with E-state index in [9.17, 15) is 9.59 Å². The highest BCUT2D eigenvalue weighted by molar-refractivity contribution is 5.74. The number of hydrazine groups is 1. The molecule has 1 amide bonds. The van der Waals surface area contributed by atoms with Crippen molar-refractivity contribution in [2.45, 2.75) is 13.0 Å². The first kappa shape index (κ1) is 11.2. The summed E-state index contributed by atoms with van der Waals surface area (Å²) in [5.41, 5.74) is 1.68. The van der Waals surface area contributed by atoms with Gasteiger partial charge in [-0.15, -0.1) is 5.10 Å². The number of nitrogens with zero attached hydrogens (tertiary/aromatic N) is 2. The van der Waals surface area contributed by atoms with E-state index < -0.39 is 0 Å². The summed E-state index contributed by atoms with van der Waals surface area (Å²) in [7, 11) is 1.45. The lowest BCUT2D eigenvalue weighted by Gasteiger charge is -2.04. The van der Waals surface area contributed by atoms with E-state index in [1.165, 1.54) is 19.2 Å². The molecule has 0 saturated carbocycles. The summed E-state index contributed by atoms with van der Waals surface area (Å²) in [6.45, 7) is 0.166. The van der Waals surface area contributed by atoms with Gasteiger partial charge in [0.15, 0.2) is 0 Å². The van der Waals surface area contributed by atoms with Gasteiger partial charge in [0.25, 0.3) is 5.56 Å². The second kappa shape index (κ2) is 5.11. The van der Waals surface area contributed by atoms with E-state index in [1.54, 1.807) is 0 Å². The highest BCUT2D eigenvalue weighted by Gasteiger charge is 2.03. The number of nitrogens with one attached hydrogen (secondary N) is 1. The van der Waals surface area contributed by atoms with Crippen molar-refractivity contribution in [1.29, 1.82) is 0 Å². The van der Waals surface area contributed by atoms with Crippen LogP contribution in [0.4, 0.5) is 0 Å². The molecule has 15 heavy (non-hydrogen) atoms. The maximum atomic E-state index is 11.3. The lowest BCUT2D eigenvalue weighted by molar-refractivity contribution is -0.121. The number of hydrogen-bond donors (Lipinski definition) is 2. The van der Waals surface area contributed by atoms with Crippen molar-refractivity contribution in [2.75, 3.05) is 7.11 Å². The number of rotatable bonds is 4. The van der Waals surface area contributed by atoms with Gasteiger partial charge in [-0.2, -0.15) is 0 Å². The highest BCUT2D eigenvalue weighted by atomic mass is 16.5. The molecule has 0 spiro atoms. The monoisotopic (exact) mass is 212 g/mol. The molecule has 0 atom stereocenters. The lowest BCUT2D eigenvalue weighted by atomic mass is 10.4. The van der Waals surface area contributed by atoms with E-state index in [0.29, 0.717) is 5.88 Å². The van der Waals surface area contributed by atoms with Crippen LogP contribution in [0.3, 0.4) is 0 Å². The number of nitrogens with two attached hydrogens (primary N) is 1. The van der Waals surface area contributed by atoms with Crippen molar-refractivity contribution in [1.82, 2.24) is 15.2 Å². The summed E-state index contributed by atoms with van der Waals surface area (Å²) in [6, 6.07) is 2.79. The van der Waals surface area contributed by atoms with Crippen molar-refractivity contribution in [2.24, 2.45) is 5.84 Å². The summed E-state index contributed by atoms with van der Waals surface area (Å²) in [6.07, 6.45) is 0.0938. The molecule has 0 aliphatic rings. The average Bonchev–Trinajstić information content (AvgIpc) is 2.27. The topological polar surface area (TPSA) is 99.2 Å². The maximum Gasteiger partial charge on any atom is 0.266 e. The molecule has 1 rings (SSSR count). The number of hydrogen-bond acceptors (Lipinski definition) is 5. The van der Waals surface area contributed by atoms with Gasteiger partial charge in [0.1, 0.15) is 0 Å². The number of aryl methyl sites for hydroxylation is 1. The fourth-order valence-corrected chi connectivity index (χ4v) is 0.979. The van der Waals surface area contributed by atoms with E-state index in [-0.39, 0.29) is 24.4 Å². The summed E-state index contributed by atoms with van der Waals surface area (Å²) >= 11 is 0. The van der Waals surface area contributed by atoms with Gasteiger partial charge in [0, 0.05) is 18.6 Å². The van der Waals surface area contributed by atoms with Gasteiger partial charge in [-0.25, -0.2) is 10.5 Å². The SMILES string of the molecule is COc1ccc(=O)n(CCC(=O)NN)n1. The molecule has 0 radical (unpaired) electrons. The number of carbonyl (C=O) groups is 1. The maximum absolute atomic E-state index is 11.3. The predicted molar refractivity (Wildman–Crippen MR) is 52.0 cm³/mol. The van der Waals surface area contributed by atoms with E-state index in [1.807, 2.05) is 5.43 Å². The average molecular weight is 212 g/mol. The van der Waals surface area contributed by atoms with Gasteiger partial charge in [0.05, 0.1) is 13.7 Å². The summed E-state index contributed by atoms with van der Waals surface area (Å²) in [5, 5.41) is 3.86. The third kappa shape index (κ3) is 3.06. The Morgan fingerprint density at radius 2 is 2.40 bits per heavy atom. The van der Waals surface area contributed by atoms with Crippen LogP contribution >= 0.6 is 0 Å². The largest absolute Gasteiger partial charge is 0.480 e. The Morgan fingerprint density at radius 3 is 3.00 bits per heavy atom. The van der Waals surface area contributed by atoms with Gasteiger partial charge in [-0.1, -0.05) is 0 Å². The van der Waals surface area contributed by atoms with Crippen LogP contribution < -0.4 is 21.6 Å². The molecular formula is C8H12N4O3. The van der Waals surface area contributed by atoms with Gasteiger partial charge in [-0.05, 0) is 0 Å². The summed E-state index contributed by atoms with van der Waals surface area (Å²) in [5.74, 6) is 4.87. The fourth-order valence-electron chi connectivity index (χ4n) is 0.979. The van der Waals surface area contributed by atoms with Gasteiger partial charge in [0.2, 0.25) is 11.8 Å². The van der Waals surface area contributed by atoms with E-state index in [4.69, 9.17) is 10.6 Å². The van der Waals surface area contributed by atoms with Crippen LogP contribution in [0, 0.1) is 0 Å². The van der Waals surface area contributed by atoms with Gasteiger partial charge >= 0.3 is 0 Å². The van der Waals surface area contributed by atoms with Crippen LogP contribution in [0.1, 0.15) is 6.42 Å². The molecule has 1 aromatic heterocycles. The molecule has 7 nitrogen and oxygen atoms in total. The standard InChI is InChI=1S/C8H12N4O3/c1-15-7-2-3-8(14)12(11-7)5-4-6(13)10-9/h2-3H,4-5,9H2,1H3,(H,10,13). The smallest absolute Gasteiger partial charge is 0.266 e. The molecule has 0 bridgehead atoms. The Hall–Kier alpha value is -1.89. The van der Waals surface area contributed by atoms with Crippen molar-refractivity contribution in [3.63, 3.8) is 0 Å². The van der Waals surface area contributed by atoms with E-state index >= 15 is 0 Å². The van der Waals surface area contributed by atoms with E-state index in [2.05, 4.69) is 5.10 Å². The predicted octanol–water partition coefficient (Wildman–Crippen LogP) is -1.37. The first-order chi connectivity index (χ1) is 7.17. The minimum Gasteiger partial charge on any atom is -0.480 e. The second-order valence-electron chi connectivity index (χ2n) is 2.75. The summed E-state index contributed by atoms with van der Waals surface area (Å²) < 4.78 is 5.99. The molecule has 1 heterocycles. The fraction of sp³-hybridized carbons (Fsp3) is 0.375. The van der Waals surface area contributed by atoms with Gasteiger partial charge < -0.3 is 4.74 Å². The zero-order chi connectivity index (χ0) is 11.3. The molecule has 0 unspecified atom stereocenters. The lowest BCUT2D eigenvalue weighted by Crippen LogP contribution is -2.32. The molecular weight excluding hydrogens is 200 g/mol. The van der Waals surface area contributed by atoms with Crippen LogP contribution in [-0.2, 0) is 11.3 Å². The Bertz CT molecular complexity index is 401. The van der Waals surface area contributed by atoms with Crippen LogP contribution in [-0.4, -0.2) is 22.8 Å². The summed E-state index contributed by atoms with van der Waals surface area (Å²) in [4.78, 5) is 22.1. The van der Waals surface area contributed by atoms with Crippen LogP contribution in [0.2, 0.25) is 0 Å². The third-order valence-corrected chi connectivity index (χ3v) is 1.76. The molecule has 7 heteroatoms. The molecule has 0 saturated heterocycles. The number of carbonyl (C=O) groups excluding carboxylic acids is 1. The van der Waals surface area contributed by atoms with Gasteiger partial charge in [-0.3, -0.25) is 15.0 Å². The molecule has 3 N–H and O–H groups in total. The first-order valence-corrected chi connectivity index (χ1v) is 4.29. The van der Waals surface area contributed by atoms with Crippen molar-refractivity contribution in [3.05, 3.63) is 22.5 Å². The van der Waals surface area contributed by atoms with Crippen LogP contribution in [0.15, 0.2) is 16.9 Å². The highest BCUT2D eigenvalue weighted by Crippen LogP contribution is 1.99. The van der Waals surface area contributed by atoms with Crippen molar-refractivity contribution in [3.8, 4) is 5.88 Å². The van der Waals surface area contributed by atoms with Crippen molar-refractivity contribution < 1.29 is 9.53 Å². The zero-order valence-corrected chi connectivity index (χ0v) is 8.27. The van der Waals surface area contributed by atoms with Crippen molar-refractivity contribution >= 4 is 5.91 Å². The third-order valence-electron chi connectivity index (χ3n) is 1.76. The molecule has 0 aliphatic carbocycles. The van der Waals surface area contributed by atoms with E-state index in [0.717, 1.165) is 4.68 Å². The molecule has 0 aromatic carbocycles. The normalized spacial score (nSPS) is 9.73. The molecule has 1 aromatic rings. The Kier molecular flexibility index (Phi) is 3.81. The molecule has 0 aliphatic heterocycles. The van der Waals surface area contributed by atoms with Crippen LogP contribution in [0.25, 0.3) is 0 Å². The number of methoxy groups -OCH3 is 1. The minimum absolute atomic E-state index is 0.0938. The minimum atomic E-state index is -0.355. The number of amides is 1.